The summed E-state index contributed by atoms with van der Waals surface area (Å²) in [6, 6.07) is 17.1. The van der Waals surface area contributed by atoms with Crippen LogP contribution in [0.3, 0.4) is 0 Å². The Morgan fingerprint density at radius 1 is 0.926 bits per heavy atom. The molecule has 0 saturated carbocycles. The van der Waals surface area contributed by atoms with Crippen molar-refractivity contribution < 1.29 is 14.3 Å². The second kappa shape index (κ2) is 11.0. The minimum atomic E-state index is -0.129. The van der Waals surface area contributed by atoms with Gasteiger partial charge in [-0.1, -0.05) is 44.2 Å². The number of carbonyl (C=O) groups excluding carboxylic acids is 2. The molecule has 5 nitrogen and oxygen atoms in total. The highest BCUT2D eigenvalue weighted by Crippen LogP contribution is 2.14. The van der Waals surface area contributed by atoms with E-state index in [0.717, 1.165) is 5.75 Å². The Balaban J connectivity index is 1.56. The molecular weight excluding hydrogens is 340 g/mol. The summed E-state index contributed by atoms with van der Waals surface area (Å²) in [4.78, 5) is 23.9. The second-order valence-electron chi connectivity index (χ2n) is 6.65. The van der Waals surface area contributed by atoms with E-state index in [4.69, 9.17) is 4.74 Å². The minimum absolute atomic E-state index is 0.0396. The van der Waals surface area contributed by atoms with Crippen molar-refractivity contribution >= 4 is 11.8 Å². The molecule has 2 aromatic carbocycles. The third-order valence-electron chi connectivity index (χ3n) is 4.13. The highest BCUT2D eigenvalue weighted by molar-refractivity contribution is 5.94. The highest BCUT2D eigenvalue weighted by Gasteiger charge is 2.06. The molecule has 0 spiro atoms. The Bertz CT molecular complexity index is 712. The summed E-state index contributed by atoms with van der Waals surface area (Å²) in [6.45, 7) is 5.54. The summed E-state index contributed by atoms with van der Waals surface area (Å²) in [6.07, 6.45) is 1.05. The largest absolute Gasteiger partial charge is 0.494 e. The Hall–Kier alpha value is -2.82. The van der Waals surface area contributed by atoms with E-state index in [-0.39, 0.29) is 11.8 Å². The van der Waals surface area contributed by atoms with Crippen LogP contribution >= 0.6 is 0 Å². The van der Waals surface area contributed by atoms with Gasteiger partial charge in [-0.15, -0.1) is 0 Å². The molecule has 0 aromatic heterocycles. The van der Waals surface area contributed by atoms with Gasteiger partial charge in [0, 0.05) is 25.1 Å². The average Bonchev–Trinajstić information content (AvgIpc) is 2.69. The van der Waals surface area contributed by atoms with Crippen molar-refractivity contribution in [3.05, 3.63) is 65.7 Å². The Morgan fingerprint density at radius 3 is 2.26 bits per heavy atom. The van der Waals surface area contributed by atoms with Gasteiger partial charge in [0.15, 0.2) is 0 Å². The van der Waals surface area contributed by atoms with E-state index in [1.165, 1.54) is 5.56 Å². The molecule has 2 N–H and O–H groups in total. The van der Waals surface area contributed by atoms with Crippen molar-refractivity contribution in [2.75, 3.05) is 19.7 Å². The normalized spacial score (nSPS) is 10.5. The molecular formula is C22H28N2O3. The first kappa shape index (κ1) is 20.5. The first-order valence-corrected chi connectivity index (χ1v) is 9.39. The fraction of sp³-hybridized carbons (Fsp3) is 0.364. The van der Waals surface area contributed by atoms with E-state index in [2.05, 4.69) is 24.5 Å². The van der Waals surface area contributed by atoms with Gasteiger partial charge in [0.1, 0.15) is 5.75 Å². The third kappa shape index (κ3) is 7.52. The monoisotopic (exact) mass is 368 g/mol. The molecule has 0 aliphatic carbocycles. The van der Waals surface area contributed by atoms with Gasteiger partial charge in [-0.05, 0) is 42.2 Å². The van der Waals surface area contributed by atoms with E-state index >= 15 is 0 Å². The highest BCUT2D eigenvalue weighted by atomic mass is 16.5. The van der Waals surface area contributed by atoms with Crippen molar-refractivity contribution in [1.29, 1.82) is 0 Å². The van der Waals surface area contributed by atoms with E-state index in [9.17, 15) is 9.59 Å². The average molecular weight is 368 g/mol. The van der Waals surface area contributed by atoms with Gasteiger partial charge in [-0.2, -0.15) is 0 Å². The van der Waals surface area contributed by atoms with Gasteiger partial charge in [0.25, 0.3) is 5.91 Å². The second-order valence-corrected chi connectivity index (χ2v) is 6.65. The molecule has 144 valence electrons. The number of ether oxygens (including phenoxy) is 1. The van der Waals surface area contributed by atoms with Crippen molar-refractivity contribution in [2.24, 2.45) is 0 Å². The van der Waals surface area contributed by atoms with Crippen molar-refractivity contribution in [1.82, 2.24) is 10.6 Å². The molecule has 2 aromatic rings. The molecule has 0 radical (unpaired) electrons. The van der Waals surface area contributed by atoms with Crippen molar-refractivity contribution in [2.45, 2.75) is 32.6 Å². The summed E-state index contributed by atoms with van der Waals surface area (Å²) in [5.74, 6) is 1.08. The van der Waals surface area contributed by atoms with Crippen LogP contribution in [0, 0.1) is 0 Å². The lowest BCUT2D eigenvalue weighted by Crippen LogP contribution is -2.34. The smallest absolute Gasteiger partial charge is 0.251 e. The van der Waals surface area contributed by atoms with Crippen LogP contribution in [0.2, 0.25) is 0 Å². The van der Waals surface area contributed by atoms with Gasteiger partial charge in [0.2, 0.25) is 5.91 Å². The fourth-order valence-corrected chi connectivity index (χ4v) is 2.53. The molecule has 0 saturated heterocycles. The standard InChI is InChI=1S/C22H28N2O3/c1-17(2)18-10-12-19(13-11-18)22(26)24-15-14-23-21(25)9-6-16-27-20-7-4-3-5-8-20/h3-5,7-8,10-13,17H,6,9,14-16H2,1-2H3,(H,23,25)(H,24,26). The molecule has 0 fully saturated rings. The van der Waals surface area contributed by atoms with E-state index in [1.807, 2.05) is 54.6 Å². The molecule has 0 heterocycles. The zero-order valence-electron chi connectivity index (χ0n) is 16.0. The van der Waals surface area contributed by atoms with E-state index in [0.29, 0.717) is 44.0 Å². The zero-order valence-corrected chi connectivity index (χ0v) is 16.0. The number of amides is 2. The quantitative estimate of drug-likeness (QED) is 0.631. The number of nitrogens with one attached hydrogen (secondary N) is 2. The van der Waals surface area contributed by atoms with Gasteiger partial charge in [-0.3, -0.25) is 9.59 Å². The van der Waals surface area contributed by atoms with E-state index in [1.54, 1.807) is 0 Å². The summed E-state index contributed by atoms with van der Waals surface area (Å²) in [7, 11) is 0. The first-order chi connectivity index (χ1) is 13.1. The molecule has 0 atom stereocenters. The molecule has 0 aliphatic heterocycles. The van der Waals surface area contributed by atoms with Gasteiger partial charge >= 0.3 is 0 Å². The number of hydrogen-bond donors (Lipinski definition) is 2. The molecule has 0 aliphatic rings. The SMILES string of the molecule is CC(C)c1ccc(C(=O)NCCNC(=O)CCCOc2ccccc2)cc1. The van der Waals surface area contributed by atoms with Gasteiger partial charge < -0.3 is 15.4 Å². The number of carbonyl (C=O) groups is 2. The number of hydrogen-bond acceptors (Lipinski definition) is 3. The molecule has 2 rings (SSSR count). The predicted molar refractivity (Wildman–Crippen MR) is 107 cm³/mol. The first-order valence-electron chi connectivity index (χ1n) is 9.39. The molecule has 0 bridgehead atoms. The van der Waals surface area contributed by atoms with Crippen LogP contribution < -0.4 is 15.4 Å². The Morgan fingerprint density at radius 2 is 1.59 bits per heavy atom. The topological polar surface area (TPSA) is 67.4 Å². The maximum Gasteiger partial charge on any atom is 0.251 e. The summed E-state index contributed by atoms with van der Waals surface area (Å²) in [5.41, 5.74) is 1.83. The molecule has 27 heavy (non-hydrogen) atoms. The summed E-state index contributed by atoms with van der Waals surface area (Å²) in [5, 5.41) is 5.62. The predicted octanol–water partition coefficient (Wildman–Crippen LogP) is 3.52. The zero-order chi connectivity index (χ0) is 19.5. The molecule has 5 heteroatoms. The fourth-order valence-electron chi connectivity index (χ4n) is 2.53. The van der Waals surface area contributed by atoms with Crippen molar-refractivity contribution in [3.63, 3.8) is 0 Å². The minimum Gasteiger partial charge on any atom is -0.494 e. The van der Waals surface area contributed by atoms with Crippen LogP contribution in [0.1, 0.15) is 48.5 Å². The maximum atomic E-state index is 12.1. The lowest BCUT2D eigenvalue weighted by Gasteiger charge is -2.09. The van der Waals surface area contributed by atoms with Crippen LogP contribution in [0.15, 0.2) is 54.6 Å². The lowest BCUT2D eigenvalue weighted by molar-refractivity contribution is -0.121. The number of benzene rings is 2. The Kier molecular flexibility index (Phi) is 8.36. The molecule has 0 unspecified atom stereocenters. The number of para-hydroxylation sites is 1. The van der Waals surface area contributed by atoms with Crippen LogP contribution in [0.25, 0.3) is 0 Å². The Labute approximate surface area is 161 Å². The summed E-state index contributed by atoms with van der Waals surface area (Å²) >= 11 is 0. The summed E-state index contributed by atoms with van der Waals surface area (Å²) < 4.78 is 5.55. The van der Waals surface area contributed by atoms with Crippen LogP contribution in [0.5, 0.6) is 5.75 Å². The van der Waals surface area contributed by atoms with E-state index < -0.39 is 0 Å². The van der Waals surface area contributed by atoms with Crippen LogP contribution in [-0.2, 0) is 4.79 Å². The maximum absolute atomic E-state index is 12.1. The van der Waals surface area contributed by atoms with Gasteiger partial charge in [0.05, 0.1) is 6.61 Å². The van der Waals surface area contributed by atoms with Gasteiger partial charge in [-0.25, -0.2) is 0 Å². The third-order valence-corrected chi connectivity index (χ3v) is 4.13. The lowest BCUT2D eigenvalue weighted by atomic mass is 10.0. The van der Waals surface area contributed by atoms with Crippen LogP contribution in [-0.4, -0.2) is 31.5 Å². The molecule has 2 amide bonds. The van der Waals surface area contributed by atoms with Crippen molar-refractivity contribution in [3.8, 4) is 5.75 Å². The van der Waals surface area contributed by atoms with Crippen LogP contribution in [0.4, 0.5) is 0 Å². The number of rotatable bonds is 10.